The Morgan fingerprint density at radius 1 is 1.08 bits per heavy atom. The smallest absolute Gasteiger partial charge is 0.609 e. The molecule has 4 rings (SSSR count). The van der Waals surface area contributed by atoms with Crippen molar-refractivity contribution in [3.63, 3.8) is 0 Å². The van der Waals surface area contributed by atoms with Gasteiger partial charge in [-0.25, -0.2) is 8.42 Å². The zero-order valence-electron chi connectivity index (χ0n) is 22.2. The molecule has 0 spiro atoms. The zero-order chi connectivity index (χ0) is 27.6. The van der Waals surface area contributed by atoms with Gasteiger partial charge >= 0.3 is 34.7 Å². The number of ether oxygens (including phenoxy) is 2. The van der Waals surface area contributed by atoms with Crippen LogP contribution in [0.5, 0.6) is 11.5 Å². The minimum atomic E-state index is -4.11. The summed E-state index contributed by atoms with van der Waals surface area (Å²) in [7, 11) is -1.20. The predicted octanol–water partition coefficient (Wildman–Crippen LogP) is -0.581. The monoisotopic (exact) mass is 579 g/mol. The van der Waals surface area contributed by atoms with Crippen LogP contribution in [0.15, 0.2) is 57.5 Å². The Kier molecular flexibility index (Phi) is 10.1. The van der Waals surface area contributed by atoms with E-state index in [0.717, 1.165) is 11.1 Å². The summed E-state index contributed by atoms with van der Waals surface area (Å²) < 4.78 is 51.4. The van der Waals surface area contributed by atoms with Crippen LogP contribution in [-0.2, 0) is 38.0 Å². The SMILES string of the molecule is COc1ccc2[nH]c([S+]([O-])Cc3ncc(C)c(OC)c3C)nc2c1S(=O)(=O)c1ccc(CCC(=O)[O-])cc1.[Na+]. The molecule has 2 aromatic carbocycles. The number of carbonyl (C=O) groups is 1. The van der Waals surface area contributed by atoms with Crippen LogP contribution in [0.2, 0.25) is 0 Å². The molecule has 0 radical (unpaired) electrons. The maximum absolute atomic E-state index is 13.7. The van der Waals surface area contributed by atoms with Crippen molar-refractivity contribution in [1.29, 1.82) is 0 Å². The maximum atomic E-state index is 13.7. The number of carboxylic acid groups (broad SMARTS) is 1. The normalized spacial score (nSPS) is 12.1. The Morgan fingerprint density at radius 2 is 1.77 bits per heavy atom. The van der Waals surface area contributed by atoms with Gasteiger partial charge in [0.2, 0.25) is 9.84 Å². The average molecular weight is 580 g/mol. The molecule has 10 nitrogen and oxygen atoms in total. The largest absolute Gasteiger partial charge is 1.00 e. The van der Waals surface area contributed by atoms with E-state index in [4.69, 9.17) is 9.47 Å². The topological polar surface area (TPSA) is 157 Å². The molecule has 2 aromatic heterocycles. The number of imidazole rings is 1. The molecule has 0 bridgehead atoms. The van der Waals surface area contributed by atoms with E-state index in [1.54, 1.807) is 31.5 Å². The van der Waals surface area contributed by atoms with Crippen molar-refractivity contribution in [2.75, 3.05) is 14.2 Å². The van der Waals surface area contributed by atoms with Crippen LogP contribution in [0, 0.1) is 13.8 Å². The number of aromatic amines is 1. The number of nitrogens with one attached hydrogen (secondary N) is 1. The number of rotatable bonds is 10. The Labute approximate surface area is 251 Å². The van der Waals surface area contributed by atoms with Crippen molar-refractivity contribution in [2.45, 2.75) is 47.4 Å². The second-order valence-electron chi connectivity index (χ2n) is 8.59. The van der Waals surface area contributed by atoms with E-state index in [0.29, 0.717) is 22.5 Å². The van der Waals surface area contributed by atoms with Gasteiger partial charge in [-0.2, -0.15) is 4.98 Å². The van der Waals surface area contributed by atoms with Crippen LogP contribution in [0.1, 0.15) is 28.8 Å². The summed E-state index contributed by atoms with van der Waals surface area (Å²) in [6, 6.07) is 9.04. The van der Waals surface area contributed by atoms with Crippen molar-refractivity contribution in [2.24, 2.45) is 0 Å². The van der Waals surface area contributed by atoms with Gasteiger partial charge in [-0.15, -0.1) is 0 Å². The molecule has 0 saturated carbocycles. The van der Waals surface area contributed by atoms with Gasteiger partial charge in [0, 0.05) is 34.5 Å². The number of H-pyrrole nitrogens is 1. The fraction of sp³-hybridized carbons (Fsp3) is 0.269. The van der Waals surface area contributed by atoms with Gasteiger partial charge in [-0.3, -0.25) is 9.97 Å². The third-order valence-electron chi connectivity index (χ3n) is 6.12. The minimum absolute atomic E-state index is 0. The van der Waals surface area contributed by atoms with Crippen molar-refractivity contribution in [1.82, 2.24) is 15.0 Å². The van der Waals surface area contributed by atoms with Crippen LogP contribution in [-0.4, -0.2) is 48.1 Å². The van der Waals surface area contributed by atoms with Crippen LogP contribution < -0.4 is 44.1 Å². The van der Waals surface area contributed by atoms with Crippen LogP contribution in [0.3, 0.4) is 0 Å². The number of aliphatic carboxylic acids is 1. The molecule has 13 heteroatoms. The van der Waals surface area contributed by atoms with E-state index < -0.39 is 27.0 Å². The molecule has 0 aliphatic carbocycles. The summed E-state index contributed by atoms with van der Waals surface area (Å²) in [6.07, 6.45) is 1.70. The summed E-state index contributed by atoms with van der Waals surface area (Å²) in [5, 5.41) is 10.8. The Bertz CT molecular complexity index is 1610. The van der Waals surface area contributed by atoms with Gasteiger partial charge in [0.1, 0.15) is 21.9 Å². The van der Waals surface area contributed by atoms with E-state index >= 15 is 0 Å². The summed E-state index contributed by atoms with van der Waals surface area (Å²) in [6.45, 7) is 3.71. The first kappa shape index (κ1) is 30.9. The molecular formula is C26H26N3NaO7S2. The quantitative estimate of drug-likeness (QED) is 0.192. The molecule has 200 valence electrons. The summed E-state index contributed by atoms with van der Waals surface area (Å²) in [5.41, 5.74) is 3.34. The molecule has 4 aromatic rings. The van der Waals surface area contributed by atoms with E-state index in [1.165, 1.54) is 25.3 Å². The first-order valence-corrected chi connectivity index (χ1v) is 14.3. The fourth-order valence-electron chi connectivity index (χ4n) is 4.15. The average Bonchev–Trinajstić information content (AvgIpc) is 3.33. The van der Waals surface area contributed by atoms with Crippen molar-refractivity contribution >= 4 is 38.0 Å². The van der Waals surface area contributed by atoms with Crippen molar-refractivity contribution < 1.29 is 61.9 Å². The molecule has 1 N–H and O–H groups in total. The number of hydrogen-bond acceptors (Lipinski definition) is 9. The van der Waals surface area contributed by atoms with Gasteiger partial charge in [-0.1, -0.05) is 12.1 Å². The van der Waals surface area contributed by atoms with Gasteiger partial charge in [0.25, 0.3) is 0 Å². The second-order valence-corrected chi connectivity index (χ2v) is 11.8. The number of methoxy groups -OCH3 is 2. The van der Waals surface area contributed by atoms with Gasteiger partial charge in [-0.05, 0) is 56.5 Å². The third kappa shape index (κ3) is 6.42. The second kappa shape index (κ2) is 12.7. The predicted molar refractivity (Wildman–Crippen MR) is 138 cm³/mol. The van der Waals surface area contributed by atoms with Crippen LogP contribution >= 0.6 is 0 Å². The number of carbonyl (C=O) groups excluding carboxylic acids is 1. The van der Waals surface area contributed by atoms with Crippen molar-refractivity contribution in [3.05, 3.63) is 65.0 Å². The van der Waals surface area contributed by atoms with E-state index in [9.17, 15) is 22.9 Å². The maximum Gasteiger partial charge on any atom is 1.00 e. The summed E-state index contributed by atoms with van der Waals surface area (Å²) >= 11 is -1.67. The number of benzene rings is 2. The number of sulfone groups is 1. The Hall–Kier alpha value is -2.61. The number of nitrogens with zero attached hydrogens (tertiary/aromatic N) is 2. The zero-order valence-corrected chi connectivity index (χ0v) is 25.9. The Morgan fingerprint density at radius 3 is 2.38 bits per heavy atom. The standard InChI is InChI=1S/C26H27N3O7S2.Na/c1-15-13-27-20(16(2)24(15)36-4)14-37(32)26-28-19-10-11-21(35-3)25(23(19)29-26)38(33,34)18-8-5-17(6-9-18)7-12-22(30)31;/h5-6,8-11,13H,7,12,14H2,1-4H3,(H,28,29)(H,30,31);/q;+1/p-1. The van der Waals surface area contributed by atoms with E-state index in [-0.39, 0.29) is 74.4 Å². The summed E-state index contributed by atoms with van der Waals surface area (Å²) in [5.74, 6) is -0.379. The minimum Gasteiger partial charge on any atom is -0.609 e. The Balaban J connectivity index is 0.00000420. The number of aromatic nitrogens is 3. The molecule has 2 heterocycles. The third-order valence-corrected chi connectivity index (χ3v) is 9.11. The number of aryl methyl sites for hydroxylation is 2. The number of carboxylic acids is 1. The molecular weight excluding hydrogens is 553 g/mol. The van der Waals surface area contributed by atoms with Gasteiger partial charge in [0.15, 0.2) is 5.75 Å². The molecule has 0 amide bonds. The molecule has 1 unspecified atom stereocenters. The number of hydrogen-bond donors (Lipinski definition) is 1. The van der Waals surface area contributed by atoms with Crippen LogP contribution in [0.25, 0.3) is 11.0 Å². The fourth-order valence-corrected chi connectivity index (χ4v) is 6.80. The number of pyridine rings is 1. The van der Waals surface area contributed by atoms with Gasteiger partial charge in [0.05, 0.1) is 30.3 Å². The molecule has 1 atom stereocenters. The first-order valence-electron chi connectivity index (χ1n) is 11.5. The molecule has 0 aliphatic rings. The summed E-state index contributed by atoms with van der Waals surface area (Å²) in [4.78, 5) is 22.3. The van der Waals surface area contributed by atoms with Crippen LogP contribution in [0.4, 0.5) is 0 Å². The number of fused-ring (bicyclic) bond motifs is 1. The van der Waals surface area contributed by atoms with Crippen molar-refractivity contribution in [3.8, 4) is 11.5 Å². The molecule has 39 heavy (non-hydrogen) atoms. The van der Waals surface area contributed by atoms with Gasteiger partial charge < -0.3 is 23.9 Å². The molecule has 0 aliphatic heterocycles. The first-order chi connectivity index (χ1) is 18.1. The molecule has 0 fully saturated rings. The van der Waals surface area contributed by atoms with E-state index in [1.807, 2.05) is 13.8 Å². The molecule has 0 saturated heterocycles. The van der Waals surface area contributed by atoms with E-state index in [2.05, 4.69) is 15.0 Å².